The molecule has 0 spiro atoms. The van der Waals surface area contributed by atoms with Gasteiger partial charge in [0.15, 0.2) is 0 Å². The molecule has 2 heterocycles. The van der Waals surface area contributed by atoms with Crippen molar-refractivity contribution in [3.05, 3.63) is 18.0 Å². The number of amides is 2. The van der Waals surface area contributed by atoms with Crippen LogP contribution in [-0.4, -0.2) is 47.2 Å². The van der Waals surface area contributed by atoms with E-state index in [2.05, 4.69) is 9.82 Å². The van der Waals surface area contributed by atoms with Gasteiger partial charge in [-0.2, -0.15) is 5.10 Å². The van der Waals surface area contributed by atoms with Crippen molar-refractivity contribution in [1.82, 2.24) is 19.4 Å². The first-order chi connectivity index (χ1) is 11.9. The Kier molecular flexibility index (Phi) is 5.79. The first-order valence-electron chi connectivity index (χ1n) is 8.77. The topological polar surface area (TPSA) is 101 Å². The largest absolute Gasteiger partial charge is 0.334 e. The van der Waals surface area contributed by atoms with Crippen molar-refractivity contribution in [1.29, 1.82) is 0 Å². The summed E-state index contributed by atoms with van der Waals surface area (Å²) in [5.41, 5.74) is 0.249. The third kappa shape index (κ3) is 4.63. The molecule has 1 aromatic heterocycles. The molecule has 146 valence electrons. The maximum absolute atomic E-state index is 12.8. The molecular weight excluding hydrogens is 356 g/mol. The Morgan fingerprint density at radius 2 is 2.04 bits per heavy atom. The van der Waals surface area contributed by atoms with Gasteiger partial charge in [-0.3, -0.25) is 19.0 Å². The van der Waals surface area contributed by atoms with Crippen LogP contribution in [0.4, 0.5) is 0 Å². The molecule has 1 N–H and O–H groups in total. The fraction of sp³-hybridized carbons (Fsp3) is 0.706. The summed E-state index contributed by atoms with van der Waals surface area (Å²) in [6.45, 7) is 7.68. The van der Waals surface area contributed by atoms with Crippen LogP contribution in [0.2, 0.25) is 0 Å². The number of nitrogens with one attached hydrogen (secondary N) is 1. The number of nitrogens with zero attached hydrogens (tertiary/aromatic N) is 3. The fourth-order valence-corrected chi connectivity index (χ4v) is 5.15. The van der Waals surface area contributed by atoms with Crippen molar-refractivity contribution in [2.24, 2.45) is 18.4 Å². The predicted molar refractivity (Wildman–Crippen MR) is 97.4 cm³/mol. The van der Waals surface area contributed by atoms with E-state index in [-0.39, 0.29) is 18.1 Å². The first kappa shape index (κ1) is 20.4. The van der Waals surface area contributed by atoms with Crippen molar-refractivity contribution in [2.75, 3.05) is 12.3 Å². The third-order valence-electron chi connectivity index (χ3n) is 4.42. The summed E-state index contributed by atoms with van der Waals surface area (Å²) < 4.78 is 28.5. The minimum atomic E-state index is -3.75. The van der Waals surface area contributed by atoms with Gasteiger partial charge < -0.3 is 4.90 Å². The van der Waals surface area contributed by atoms with Gasteiger partial charge in [0.1, 0.15) is 0 Å². The molecule has 0 aliphatic carbocycles. The molecule has 1 aliphatic heterocycles. The number of carbonyl (C=O) groups is 2. The van der Waals surface area contributed by atoms with Gasteiger partial charge in [-0.25, -0.2) is 8.42 Å². The molecule has 0 aromatic carbocycles. The lowest BCUT2D eigenvalue weighted by molar-refractivity contribution is -0.142. The van der Waals surface area contributed by atoms with E-state index in [1.165, 1.54) is 0 Å². The Labute approximate surface area is 155 Å². The molecule has 1 fully saturated rings. The van der Waals surface area contributed by atoms with Gasteiger partial charge in [-0.05, 0) is 24.8 Å². The van der Waals surface area contributed by atoms with Crippen LogP contribution in [-0.2, 0) is 26.7 Å². The second-order valence-electron chi connectivity index (χ2n) is 7.94. The number of piperidine rings is 1. The molecule has 1 aliphatic rings. The molecule has 1 saturated heterocycles. The minimum Gasteiger partial charge on any atom is -0.334 e. The number of aryl methyl sites for hydroxylation is 1. The molecule has 1 aromatic rings. The van der Waals surface area contributed by atoms with E-state index < -0.39 is 33.3 Å². The SMILES string of the molecule is CCN1C(=O)CC[C@H](C(=O)NS(=O)(=O)CC(C)(C)C)[C@H]1c1ccnn1C. The van der Waals surface area contributed by atoms with E-state index >= 15 is 0 Å². The summed E-state index contributed by atoms with van der Waals surface area (Å²) in [5, 5.41) is 4.13. The molecule has 0 unspecified atom stereocenters. The third-order valence-corrected chi connectivity index (χ3v) is 6.18. The lowest BCUT2D eigenvalue weighted by atomic mass is 9.86. The van der Waals surface area contributed by atoms with Crippen LogP contribution >= 0.6 is 0 Å². The van der Waals surface area contributed by atoms with Gasteiger partial charge in [0.25, 0.3) is 0 Å². The second-order valence-corrected chi connectivity index (χ2v) is 9.66. The summed E-state index contributed by atoms with van der Waals surface area (Å²) in [6.07, 6.45) is 2.13. The van der Waals surface area contributed by atoms with Crippen LogP contribution < -0.4 is 4.72 Å². The maximum Gasteiger partial charge on any atom is 0.239 e. The van der Waals surface area contributed by atoms with Crippen molar-refractivity contribution >= 4 is 21.8 Å². The Morgan fingerprint density at radius 1 is 1.38 bits per heavy atom. The van der Waals surface area contributed by atoms with E-state index in [9.17, 15) is 18.0 Å². The number of sulfonamides is 1. The molecule has 2 amide bonds. The molecule has 8 nitrogen and oxygen atoms in total. The zero-order chi connectivity index (χ0) is 19.7. The molecule has 2 rings (SSSR count). The molecule has 0 saturated carbocycles. The standard InChI is InChI=1S/C17H28N4O4S/c1-6-21-14(22)8-7-12(15(21)13-9-10-18-20(13)5)16(23)19-26(24,25)11-17(2,3)4/h9-10,12,15H,6-8,11H2,1-5H3,(H,19,23)/t12-,15-/m0/s1. The van der Waals surface area contributed by atoms with Gasteiger partial charge in [-0.1, -0.05) is 20.8 Å². The number of likely N-dealkylation sites (tertiary alicyclic amines) is 1. The molecular formula is C17H28N4O4S. The van der Waals surface area contributed by atoms with Gasteiger partial charge >= 0.3 is 0 Å². The predicted octanol–water partition coefficient (Wildman–Crippen LogP) is 1.21. The average molecular weight is 385 g/mol. The zero-order valence-corrected chi connectivity index (χ0v) is 16.8. The highest BCUT2D eigenvalue weighted by molar-refractivity contribution is 7.90. The summed E-state index contributed by atoms with van der Waals surface area (Å²) in [7, 11) is -2.01. The molecule has 2 atom stereocenters. The Bertz CT molecular complexity index is 779. The van der Waals surface area contributed by atoms with E-state index in [0.717, 1.165) is 0 Å². The summed E-state index contributed by atoms with van der Waals surface area (Å²) in [5.74, 6) is -1.39. The Balaban J connectivity index is 2.31. The first-order valence-corrected chi connectivity index (χ1v) is 10.4. The summed E-state index contributed by atoms with van der Waals surface area (Å²) in [6, 6.07) is 1.23. The molecule has 0 bridgehead atoms. The van der Waals surface area contributed by atoms with E-state index in [4.69, 9.17) is 0 Å². The molecule has 26 heavy (non-hydrogen) atoms. The van der Waals surface area contributed by atoms with E-state index in [0.29, 0.717) is 18.7 Å². The van der Waals surface area contributed by atoms with Gasteiger partial charge in [0.2, 0.25) is 21.8 Å². The number of carbonyl (C=O) groups excluding carboxylic acids is 2. The van der Waals surface area contributed by atoms with Crippen molar-refractivity contribution < 1.29 is 18.0 Å². The summed E-state index contributed by atoms with van der Waals surface area (Å²) in [4.78, 5) is 26.8. The zero-order valence-electron chi connectivity index (χ0n) is 16.0. The quantitative estimate of drug-likeness (QED) is 0.822. The number of rotatable bonds is 5. The summed E-state index contributed by atoms with van der Waals surface area (Å²) >= 11 is 0. The van der Waals surface area contributed by atoms with Crippen molar-refractivity contribution in [2.45, 2.75) is 46.6 Å². The number of aromatic nitrogens is 2. The normalized spacial score (nSPS) is 21.7. The van der Waals surface area contributed by atoms with Crippen LogP contribution in [0.5, 0.6) is 0 Å². The smallest absolute Gasteiger partial charge is 0.239 e. The second kappa shape index (κ2) is 7.38. The van der Waals surface area contributed by atoms with Crippen LogP contribution in [0, 0.1) is 11.3 Å². The number of hydrogen-bond acceptors (Lipinski definition) is 5. The highest BCUT2D eigenvalue weighted by Gasteiger charge is 2.42. The van der Waals surface area contributed by atoms with Gasteiger partial charge in [0, 0.05) is 26.2 Å². The lowest BCUT2D eigenvalue weighted by Gasteiger charge is -2.39. The molecule has 0 radical (unpaired) electrons. The highest BCUT2D eigenvalue weighted by Crippen LogP contribution is 2.36. The van der Waals surface area contributed by atoms with Gasteiger partial charge in [-0.15, -0.1) is 0 Å². The minimum absolute atomic E-state index is 0.0414. The lowest BCUT2D eigenvalue weighted by Crippen LogP contribution is -2.50. The van der Waals surface area contributed by atoms with E-state index in [1.54, 1.807) is 49.7 Å². The van der Waals surface area contributed by atoms with Crippen LogP contribution in [0.3, 0.4) is 0 Å². The van der Waals surface area contributed by atoms with Crippen LogP contribution in [0.25, 0.3) is 0 Å². The monoisotopic (exact) mass is 384 g/mol. The van der Waals surface area contributed by atoms with Crippen LogP contribution in [0.15, 0.2) is 12.3 Å². The maximum atomic E-state index is 12.8. The number of hydrogen-bond donors (Lipinski definition) is 1. The van der Waals surface area contributed by atoms with Crippen molar-refractivity contribution in [3.8, 4) is 0 Å². The Morgan fingerprint density at radius 3 is 2.54 bits per heavy atom. The van der Waals surface area contributed by atoms with E-state index in [1.807, 2.05) is 6.92 Å². The average Bonchev–Trinajstić information content (AvgIpc) is 2.89. The molecule has 9 heteroatoms. The highest BCUT2D eigenvalue weighted by atomic mass is 32.2. The Hall–Kier alpha value is -1.90. The van der Waals surface area contributed by atoms with Gasteiger partial charge in [0.05, 0.1) is 23.4 Å². The van der Waals surface area contributed by atoms with Crippen LogP contribution in [0.1, 0.15) is 52.3 Å². The van der Waals surface area contributed by atoms with Crippen molar-refractivity contribution in [3.63, 3.8) is 0 Å². The fourth-order valence-electron chi connectivity index (χ4n) is 3.48.